The molecule has 0 aliphatic carbocycles. The van der Waals surface area contributed by atoms with E-state index in [9.17, 15) is 13.6 Å². The lowest BCUT2D eigenvalue weighted by Gasteiger charge is -2.10. The number of nitrogens with zero attached hydrogens (tertiary/aromatic N) is 1. The van der Waals surface area contributed by atoms with Gasteiger partial charge in [0.15, 0.2) is 10.9 Å². The summed E-state index contributed by atoms with van der Waals surface area (Å²) >= 11 is 0.997. The van der Waals surface area contributed by atoms with Crippen molar-refractivity contribution in [2.45, 2.75) is 13.0 Å². The Morgan fingerprint density at radius 1 is 1.40 bits per heavy atom. The van der Waals surface area contributed by atoms with Crippen molar-refractivity contribution in [2.24, 2.45) is 0 Å². The number of thiazole rings is 1. The smallest absolute Gasteiger partial charge is 0.294 e. The van der Waals surface area contributed by atoms with Gasteiger partial charge in [0.1, 0.15) is 11.5 Å². The summed E-state index contributed by atoms with van der Waals surface area (Å²) in [5.74, 6) is -0.709. The van der Waals surface area contributed by atoms with Gasteiger partial charge in [-0.1, -0.05) is 11.3 Å². The van der Waals surface area contributed by atoms with Crippen molar-refractivity contribution >= 4 is 22.3 Å². The summed E-state index contributed by atoms with van der Waals surface area (Å²) in [6.07, 6.45) is -1.33. The highest BCUT2D eigenvalue weighted by atomic mass is 32.1. The summed E-state index contributed by atoms with van der Waals surface area (Å²) < 4.78 is 34.9. The van der Waals surface area contributed by atoms with Crippen molar-refractivity contribution in [3.8, 4) is 11.5 Å². The van der Waals surface area contributed by atoms with Gasteiger partial charge in [-0.3, -0.25) is 4.79 Å². The normalized spacial score (nSPS) is 11.5. The van der Waals surface area contributed by atoms with Crippen LogP contribution in [0.2, 0.25) is 0 Å². The number of aliphatic hydroxyl groups excluding tert-OH is 1. The van der Waals surface area contributed by atoms with Gasteiger partial charge in [0.2, 0.25) is 5.78 Å². The molecule has 1 heterocycles. The number of ketones is 1. The number of ether oxygens (including phenoxy) is 2. The molecule has 0 bridgehead atoms. The molecule has 0 radical (unpaired) electrons. The molecule has 0 saturated carbocycles. The first kappa shape index (κ1) is 18.7. The molecule has 0 fully saturated rings. The SMILES string of the molecule is COc1ccc(CNc2ncc(C(=O)/C=C(\O)C(F)F)s2)c(OC)c1. The Morgan fingerprint density at radius 2 is 2.16 bits per heavy atom. The van der Waals surface area contributed by atoms with Crippen LogP contribution in [0.1, 0.15) is 15.2 Å². The standard InChI is InChI=1S/C16H16F2N2O4S/c1-23-10-4-3-9(13(5-10)24-2)7-19-16-20-8-14(25-16)11(21)6-12(22)15(17)18/h3-6,8,15,22H,7H2,1-2H3,(H,19,20)/b12-6-. The lowest BCUT2D eigenvalue weighted by atomic mass is 10.2. The monoisotopic (exact) mass is 370 g/mol. The first-order chi connectivity index (χ1) is 11.9. The topological polar surface area (TPSA) is 80.7 Å². The van der Waals surface area contributed by atoms with Gasteiger partial charge >= 0.3 is 0 Å². The first-order valence-electron chi connectivity index (χ1n) is 7.08. The van der Waals surface area contributed by atoms with Crippen LogP contribution < -0.4 is 14.8 Å². The molecule has 134 valence electrons. The number of hydrogen-bond donors (Lipinski definition) is 2. The number of nitrogens with one attached hydrogen (secondary N) is 1. The molecule has 1 aromatic heterocycles. The largest absolute Gasteiger partial charge is 0.506 e. The Morgan fingerprint density at radius 3 is 2.80 bits per heavy atom. The van der Waals surface area contributed by atoms with Gasteiger partial charge in [-0.25, -0.2) is 13.8 Å². The Labute approximate surface area is 146 Å². The van der Waals surface area contributed by atoms with Gasteiger partial charge in [0.05, 0.1) is 25.3 Å². The first-order valence-corrected chi connectivity index (χ1v) is 7.90. The average Bonchev–Trinajstić information content (AvgIpc) is 3.08. The van der Waals surface area contributed by atoms with E-state index in [0.717, 1.165) is 16.9 Å². The minimum atomic E-state index is -3.09. The lowest BCUT2D eigenvalue weighted by molar-refractivity contribution is 0.101. The zero-order valence-electron chi connectivity index (χ0n) is 13.5. The number of allylic oxidation sites excluding steroid dienone is 2. The van der Waals surface area contributed by atoms with Crippen molar-refractivity contribution in [3.63, 3.8) is 0 Å². The number of methoxy groups -OCH3 is 2. The summed E-state index contributed by atoms with van der Waals surface area (Å²) in [5, 5.41) is 12.4. The molecule has 0 saturated heterocycles. The predicted octanol–water partition coefficient (Wildman–Crippen LogP) is 3.66. The van der Waals surface area contributed by atoms with Crippen LogP contribution in [0.15, 0.2) is 36.2 Å². The van der Waals surface area contributed by atoms with E-state index in [-0.39, 0.29) is 4.88 Å². The summed E-state index contributed by atoms with van der Waals surface area (Å²) in [6, 6.07) is 5.35. The number of carbonyl (C=O) groups is 1. The molecule has 0 atom stereocenters. The summed E-state index contributed by atoms with van der Waals surface area (Å²) in [6.45, 7) is 0.381. The van der Waals surface area contributed by atoms with Crippen LogP contribution in [0.3, 0.4) is 0 Å². The molecule has 25 heavy (non-hydrogen) atoms. The second kappa shape index (κ2) is 8.43. The van der Waals surface area contributed by atoms with E-state index in [4.69, 9.17) is 14.6 Å². The summed E-state index contributed by atoms with van der Waals surface area (Å²) in [4.78, 5) is 15.9. The second-order valence-corrected chi connectivity index (χ2v) is 5.83. The number of rotatable bonds is 8. The maximum absolute atomic E-state index is 12.2. The molecule has 0 unspecified atom stereocenters. The van der Waals surface area contributed by atoms with Crippen LogP contribution in [0.25, 0.3) is 0 Å². The molecule has 0 spiro atoms. The Kier molecular flexibility index (Phi) is 6.29. The Hall–Kier alpha value is -2.68. The van der Waals surface area contributed by atoms with Crippen molar-refractivity contribution in [1.29, 1.82) is 0 Å². The van der Waals surface area contributed by atoms with Gasteiger partial charge in [-0.15, -0.1) is 0 Å². The molecule has 1 aromatic carbocycles. The maximum Gasteiger partial charge on any atom is 0.294 e. The van der Waals surface area contributed by atoms with E-state index >= 15 is 0 Å². The fourth-order valence-corrected chi connectivity index (χ4v) is 2.63. The van der Waals surface area contributed by atoms with Crippen molar-refractivity contribution in [2.75, 3.05) is 19.5 Å². The molecule has 0 aliphatic heterocycles. The molecular weight excluding hydrogens is 354 g/mol. The highest BCUT2D eigenvalue weighted by Gasteiger charge is 2.14. The molecule has 6 nitrogen and oxygen atoms in total. The molecule has 9 heteroatoms. The van der Waals surface area contributed by atoms with Gasteiger partial charge in [0.25, 0.3) is 6.43 Å². The quantitative estimate of drug-likeness (QED) is 0.419. The summed E-state index contributed by atoms with van der Waals surface area (Å²) in [5.41, 5.74) is 0.849. The van der Waals surface area contributed by atoms with E-state index in [2.05, 4.69) is 10.3 Å². The minimum Gasteiger partial charge on any atom is -0.506 e. The second-order valence-electron chi connectivity index (χ2n) is 4.80. The number of halogens is 2. The fourth-order valence-electron chi connectivity index (χ4n) is 1.91. The molecule has 0 amide bonds. The maximum atomic E-state index is 12.2. The third-order valence-electron chi connectivity index (χ3n) is 3.18. The van der Waals surface area contributed by atoms with E-state index < -0.39 is 18.0 Å². The number of hydrogen-bond acceptors (Lipinski definition) is 7. The van der Waals surface area contributed by atoms with Crippen LogP contribution in [-0.2, 0) is 6.54 Å². The highest BCUT2D eigenvalue weighted by molar-refractivity contribution is 7.17. The van der Waals surface area contributed by atoms with Crippen molar-refractivity contribution in [3.05, 3.63) is 46.7 Å². The van der Waals surface area contributed by atoms with Gasteiger partial charge in [-0.2, -0.15) is 0 Å². The molecule has 2 aromatic rings. The third kappa shape index (κ3) is 4.90. The van der Waals surface area contributed by atoms with E-state index in [0.29, 0.717) is 29.3 Å². The fraction of sp³-hybridized carbons (Fsp3) is 0.250. The average molecular weight is 370 g/mol. The van der Waals surface area contributed by atoms with Crippen LogP contribution in [0.5, 0.6) is 11.5 Å². The third-order valence-corrected chi connectivity index (χ3v) is 4.15. The number of benzene rings is 1. The van der Waals surface area contributed by atoms with E-state index in [1.807, 2.05) is 6.07 Å². The van der Waals surface area contributed by atoms with E-state index in [1.54, 1.807) is 26.4 Å². The minimum absolute atomic E-state index is 0.136. The lowest BCUT2D eigenvalue weighted by Crippen LogP contribution is -2.01. The number of anilines is 1. The van der Waals surface area contributed by atoms with Crippen molar-refractivity contribution in [1.82, 2.24) is 4.98 Å². The van der Waals surface area contributed by atoms with Crippen LogP contribution in [0, 0.1) is 0 Å². The molecular formula is C16H16F2N2O4S. The Bertz CT molecular complexity index is 777. The molecule has 2 rings (SSSR count). The van der Waals surface area contributed by atoms with Crippen LogP contribution in [0.4, 0.5) is 13.9 Å². The number of aliphatic hydroxyl groups is 1. The van der Waals surface area contributed by atoms with Crippen LogP contribution in [-0.4, -0.2) is 36.5 Å². The van der Waals surface area contributed by atoms with Gasteiger partial charge in [0, 0.05) is 24.3 Å². The number of aromatic nitrogens is 1. The van der Waals surface area contributed by atoms with Crippen molar-refractivity contribution < 1.29 is 28.2 Å². The zero-order chi connectivity index (χ0) is 18.4. The van der Waals surface area contributed by atoms with Crippen LogP contribution >= 0.6 is 11.3 Å². The number of carbonyl (C=O) groups excluding carboxylic acids is 1. The van der Waals surface area contributed by atoms with E-state index in [1.165, 1.54) is 6.20 Å². The predicted molar refractivity (Wildman–Crippen MR) is 90.0 cm³/mol. The van der Waals surface area contributed by atoms with Gasteiger partial charge in [-0.05, 0) is 12.1 Å². The Balaban J connectivity index is 2.05. The van der Waals surface area contributed by atoms with Gasteiger partial charge < -0.3 is 19.9 Å². The number of alkyl halides is 2. The highest BCUT2D eigenvalue weighted by Crippen LogP contribution is 2.26. The molecule has 0 aliphatic rings. The zero-order valence-corrected chi connectivity index (χ0v) is 14.3. The summed E-state index contributed by atoms with van der Waals surface area (Å²) in [7, 11) is 3.10. The molecule has 2 N–H and O–H groups in total.